The zero-order valence-electron chi connectivity index (χ0n) is 16.8. The van der Waals surface area contributed by atoms with E-state index in [0.717, 1.165) is 59.6 Å². The lowest BCUT2D eigenvalue weighted by atomic mass is 9.99. The van der Waals surface area contributed by atoms with Gasteiger partial charge in [-0.05, 0) is 65.4 Å². The van der Waals surface area contributed by atoms with Gasteiger partial charge in [0.25, 0.3) is 0 Å². The fourth-order valence-corrected chi connectivity index (χ4v) is 4.32. The lowest BCUT2D eigenvalue weighted by Gasteiger charge is -2.22. The van der Waals surface area contributed by atoms with E-state index in [1.807, 2.05) is 28.0 Å². The highest BCUT2D eigenvalue weighted by atomic mass is 16.2. The van der Waals surface area contributed by atoms with Crippen LogP contribution in [0.3, 0.4) is 0 Å². The first-order valence-electron chi connectivity index (χ1n) is 10.5. The Morgan fingerprint density at radius 1 is 0.600 bits per heavy atom. The van der Waals surface area contributed by atoms with Gasteiger partial charge in [0.15, 0.2) is 0 Å². The molecule has 2 saturated heterocycles. The van der Waals surface area contributed by atoms with Crippen LogP contribution in [0.25, 0.3) is 22.3 Å². The molecular formula is C25H23N3O2. The van der Waals surface area contributed by atoms with Crippen LogP contribution in [-0.4, -0.2) is 29.9 Å². The molecule has 0 N–H and O–H groups in total. The summed E-state index contributed by atoms with van der Waals surface area (Å²) in [7, 11) is 0. The Balaban J connectivity index is 1.55. The molecular weight excluding hydrogens is 374 g/mol. The Morgan fingerprint density at radius 2 is 1.07 bits per heavy atom. The highest BCUT2D eigenvalue weighted by Crippen LogP contribution is 2.35. The molecule has 0 atom stereocenters. The molecule has 0 radical (unpaired) electrons. The van der Waals surface area contributed by atoms with Gasteiger partial charge in [-0.3, -0.25) is 14.6 Å². The predicted octanol–water partition coefficient (Wildman–Crippen LogP) is 4.67. The van der Waals surface area contributed by atoms with E-state index in [2.05, 4.69) is 41.4 Å². The number of aromatic nitrogens is 1. The lowest BCUT2D eigenvalue weighted by molar-refractivity contribution is -0.117. The molecule has 2 aromatic carbocycles. The summed E-state index contributed by atoms with van der Waals surface area (Å²) in [5.41, 5.74) is 6.08. The van der Waals surface area contributed by atoms with Gasteiger partial charge in [-0.25, -0.2) is 0 Å². The molecule has 0 bridgehead atoms. The summed E-state index contributed by atoms with van der Waals surface area (Å²) in [6.45, 7) is 1.47. The molecule has 2 aliphatic rings. The van der Waals surface area contributed by atoms with Crippen LogP contribution in [0.15, 0.2) is 67.0 Å². The van der Waals surface area contributed by atoms with Gasteiger partial charge in [0, 0.05) is 49.7 Å². The van der Waals surface area contributed by atoms with Crippen molar-refractivity contribution in [2.45, 2.75) is 25.7 Å². The van der Waals surface area contributed by atoms with Crippen molar-refractivity contribution in [2.75, 3.05) is 22.9 Å². The van der Waals surface area contributed by atoms with Crippen LogP contribution < -0.4 is 9.80 Å². The predicted molar refractivity (Wildman–Crippen MR) is 118 cm³/mol. The highest BCUT2D eigenvalue weighted by molar-refractivity contribution is 6.00. The molecule has 3 heterocycles. The topological polar surface area (TPSA) is 53.5 Å². The number of hydrogen-bond acceptors (Lipinski definition) is 3. The van der Waals surface area contributed by atoms with E-state index in [1.165, 1.54) is 0 Å². The van der Waals surface area contributed by atoms with E-state index in [-0.39, 0.29) is 11.8 Å². The molecule has 3 aromatic rings. The number of carbonyl (C=O) groups is 2. The van der Waals surface area contributed by atoms with Crippen LogP contribution in [0.1, 0.15) is 25.7 Å². The number of carbonyl (C=O) groups excluding carboxylic acids is 2. The van der Waals surface area contributed by atoms with Crippen molar-refractivity contribution >= 4 is 23.2 Å². The Kier molecular flexibility index (Phi) is 4.79. The van der Waals surface area contributed by atoms with Gasteiger partial charge in [-0.15, -0.1) is 0 Å². The quantitative estimate of drug-likeness (QED) is 0.643. The van der Waals surface area contributed by atoms with Crippen molar-refractivity contribution in [1.82, 2.24) is 4.98 Å². The van der Waals surface area contributed by atoms with Crippen LogP contribution in [0.2, 0.25) is 0 Å². The first kappa shape index (κ1) is 18.6. The molecule has 0 saturated carbocycles. The molecule has 0 unspecified atom stereocenters. The summed E-state index contributed by atoms with van der Waals surface area (Å²) in [6.07, 6.45) is 6.51. The molecule has 2 aliphatic heterocycles. The van der Waals surface area contributed by atoms with Gasteiger partial charge in [0.2, 0.25) is 11.8 Å². The smallest absolute Gasteiger partial charge is 0.227 e. The molecule has 2 fully saturated rings. The van der Waals surface area contributed by atoms with Crippen LogP contribution in [-0.2, 0) is 9.59 Å². The first-order valence-corrected chi connectivity index (χ1v) is 10.5. The molecule has 5 heteroatoms. The maximum absolute atomic E-state index is 12.4. The third-order valence-corrected chi connectivity index (χ3v) is 5.90. The summed E-state index contributed by atoms with van der Waals surface area (Å²) < 4.78 is 0. The van der Waals surface area contributed by atoms with Crippen LogP contribution in [0.4, 0.5) is 11.4 Å². The van der Waals surface area contributed by atoms with Gasteiger partial charge in [0.1, 0.15) is 0 Å². The number of benzene rings is 2. The van der Waals surface area contributed by atoms with E-state index in [4.69, 9.17) is 0 Å². The zero-order chi connectivity index (χ0) is 20.5. The van der Waals surface area contributed by atoms with E-state index >= 15 is 0 Å². The minimum Gasteiger partial charge on any atom is -0.312 e. The normalized spacial score (nSPS) is 16.5. The number of anilines is 2. The number of rotatable bonds is 4. The molecule has 5 rings (SSSR count). The summed E-state index contributed by atoms with van der Waals surface area (Å²) in [4.78, 5) is 32.5. The van der Waals surface area contributed by atoms with Crippen LogP contribution >= 0.6 is 0 Å². The van der Waals surface area contributed by atoms with Crippen molar-refractivity contribution in [2.24, 2.45) is 0 Å². The maximum atomic E-state index is 12.4. The standard InChI is InChI=1S/C25H23N3O2/c29-24-3-1-13-27(24)22-15-21(16-23(17-22)28-14-2-4-25(28)30)19-7-5-18(6-8-19)20-9-11-26-12-10-20/h5-12,15-17H,1-4,13-14H2. The molecule has 5 nitrogen and oxygen atoms in total. The van der Waals surface area contributed by atoms with Gasteiger partial charge >= 0.3 is 0 Å². The second-order valence-corrected chi connectivity index (χ2v) is 7.85. The fourth-order valence-electron chi connectivity index (χ4n) is 4.32. The van der Waals surface area contributed by atoms with E-state index < -0.39 is 0 Å². The molecule has 0 spiro atoms. The molecule has 1 aromatic heterocycles. The third kappa shape index (κ3) is 3.47. The average Bonchev–Trinajstić information content (AvgIpc) is 3.42. The molecule has 0 aliphatic carbocycles. The minimum absolute atomic E-state index is 0.152. The summed E-state index contributed by atoms with van der Waals surface area (Å²) in [5, 5.41) is 0. The number of nitrogens with zero attached hydrogens (tertiary/aromatic N) is 3. The van der Waals surface area contributed by atoms with E-state index in [1.54, 1.807) is 12.4 Å². The minimum atomic E-state index is 0.152. The summed E-state index contributed by atoms with van der Waals surface area (Å²) in [6, 6.07) is 18.5. The Labute approximate surface area is 176 Å². The molecule has 2 amide bonds. The van der Waals surface area contributed by atoms with Crippen molar-refractivity contribution in [3.8, 4) is 22.3 Å². The van der Waals surface area contributed by atoms with Gasteiger partial charge in [0.05, 0.1) is 0 Å². The van der Waals surface area contributed by atoms with E-state index in [9.17, 15) is 9.59 Å². The van der Waals surface area contributed by atoms with E-state index in [0.29, 0.717) is 12.8 Å². The zero-order valence-corrected chi connectivity index (χ0v) is 16.8. The monoisotopic (exact) mass is 397 g/mol. The maximum Gasteiger partial charge on any atom is 0.227 e. The summed E-state index contributed by atoms with van der Waals surface area (Å²) in [5.74, 6) is 0.303. The molecule has 150 valence electrons. The third-order valence-electron chi connectivity index (χ3n) is 5.90. The second-order valence-electron chi connectivity index (χ2n) is 7.85. The lowest BCUT2D eigenvalue weighted by Crippen LogP contribution is -2.26. The Morgan fingerprint density at radius 3 is 1.53 bits per heavy atom. The largest absolute Gasteiger partial charge is 0.312 e. The fraction of sp³-hybridized carbons (Fsp3) is 0.240. The number of amides is 2. The molecule has 30 heavy (non-hydrogen) atoms. The second kappa shape index (κ2) is 7.75. The van der Waals surface area contributed by atoms with Crippen molar-refractivity contribution in [3.05, 3.63) is 67.0 Å². The first-order chi connectivity index (χ1) is 14.7. The van der Waals surface area contributed by atoms with Gasteiger partial charge in [-0.1, -0.05) is 24.3 Å². The highest BCUT2D eigenvalue weighted by Gasteiger charge is 2.26. The van der Waals surface area contributed by atoms with Gasteiger partial charge in [-0.2, -0.15) is 0 Å². The Bertz CT molecular complexity index is 1050. The summed E-state index contributed by atoms with van der Waals surface area (Å²) >= 11 is 0. The van der Waals surface area contributed by atoms with Crippen LogP contribution in [0, 0.1) is 0 Å². The van der Waals surface area contributed by atoms with Crippen molar-refractivity contribution < 1.29 is 9.59 Å². The average molecular weight is 397 g/mol. The SMILES string of the molecule is O=C1CCCN1c1cc(-c2ccc(-c3ccncc3)cc2)cc(N2CCCC2=O)c1. The number of hydrogen-bond donors (Lipinski definition) is 0. The van der Waals surface area contributed by atoms with Crippen LogP contribution in [0.5, 0.6) is 0 Å². The van der Waals surface area contributed by atoms with Crippen molar-refractivity contribution in [3.63, 3.8) is 0 Å². The van der Waals surface area contributed by atoms with Gasteiger partial charge < -0.3 is 9.80 Å². The van der Waals surface area contributed by atoms with Crippen molar-refractivity contribution in [1.29, 1.82) is 0 Å². The Hall–Kier alpha value is -3.47. The number of pyridine rings is 1.